The number of alkyl halides is 3. The molecule has 0 unspecified atom stereocenters. The molecule has 0 aliphatic rings. The van der Waals surface area contributed by atoms with E-state index in [1.807, 2.05) is 6.07 Å². The summed E-state index contributed by atoms with van der Waals surface area (Å²) in [7, 11) is 1.46. The Morgan fingerprint density at radius 2 is 1.92 bits per heavy atom. The van der Waals surface area contributed by atoms with Crippen LogP contribution in [0.2, 0.25) is 0 Å². The Bertz CT molecular complexity index is 1340. The molecule has 0 aliphatic heterocycles. The molecular weight excluding hydrogens is 479 g/mol. The van der Waals surface area contributed by atoms with Crippen molar-refractivity contribution in [2.45, 2.75) is 6.18 Å². The van der Waals surface area contributed by atoms with Gasteiger partial charge in [0.15, 0.2) is 5.82 Å². The standard InChI is InChI=1S/C24H20F3N5O4/c1-34-12-13-36-21-10-9-17(24(25,26)27)14-19(21)28-23(33)20(15-18-8-5-11-35-18)32-22(29-30-31-32)16-6-3-2-4-7-16/h2-11,14-15H,12-13H2,1H3,(H,28,33). The number of hydrogen-bond donors (Lipinski definition) is 1. The number of methoxy groups -OCH3 is 1. The Labute approximate surface area is 203 Å². The van der Waals surface area contributed by atoms with Crippen molar-refractivity contribution < 1.29 is 31.9 Å². The zero-order chi connectivity index (χ0) is 25.5. The maximum Gasteiger partial charge on any atom is 0.416 e. The summed E-state index contributed by atoms with van der Waals surface area (Å²) < 4.78 is 57.1. The van der Waals surface area contributed by atoms with Gasteiger partial charge in [-0.2, -0.15) is 17.9 Å². The number of aromatic nitrogens is 4. The summed E-state index contributed by atoms with van der Waals surface area (Å²) >= 11 is 0. The summed E-state index contributed by atoms with van der Waals surface area (Å²) in [5.74, 6) is -0.225. The molecule has 2 aromatic carbocycles. The highest BCUT2D eigenvalue weighted by atomic mass is 19.4. The Hall–Kier alpha value is -4.45. The summed E-state index contributed by atoms with van der Waals surface area (Å²) in [6.45, 7) is 0.258. The quantitative estimate of drug-likeness (QED) is 0.265. The zero-order valence-electron chi connectivity index (χ0n) is 18.9. The molecule has 186 valence electrons. The highest BCUT2D eigenvalue weighted by molar-refractivity contribution is 6.24. The number of halogens is 3. The molecule has 2 aromatic heterocycles. The first-order valence-corrected chi connectivity index (χ1v) is 10.6. The largest absolute Gasteiger partial charge is 0.489 e. The summed E-state index contributed by atoms with van der Waals surface area (Å²) in [6.07, 6.45) is -1.85. The van der Waals surface area contributed by atoms with Crippen molar-refractivity contribution in [3.8, 4) is 17.1 Å². The number of hydrogen-bond acceptors (Lipinski definition) is 7. The van der Waals surface area contributed by atoms with Crippen LogP contribution in [0, 0.1) is 0 Å². The summed E-state index contributed by atoms with van der Waals surface area (Å²) in [4.78, 5) is 13.5. The van der Waals surface area contributed by atoms with Crippen LogP contribution in [-0.2, 0) is 15.7 Å². The van der Waals surface area contributed by atoms with Crippen LogP contribution in [0.3, 0.4) is 0 Å². The Morgan fingerprint density at radius 1 is 1.11 bits per heavy atom. The lowest BCUT2D eigenvalue weighted by Gasteiger charge is -2.16. The van der Waals surface area contributed by atoms with E-state index in [9.17, 15) is 18.0 Å². The third-order valence-electron chi connectivity index (χ3n) is 4.88. The second-order valence-electron chi connectivity index (χ2n) is 7.33. The number of furan rings is 1. The predicted octanol–water partition coefficient (Wildman–Crippen LogP) is 4.61. The molecule has 0 aliphatic carbocycles. The van der Waals surface area contributed by atoms with Crippen LogP contribution >= 0.6 is 0 Å². The van der Waals surface area contributed by atoms with Crippen molar-refractivity contribution in [1.82, 2.24) is 20.2 Å². The minimum Gasteiger partial charge on any atom is -0.489 e. The molecule has 0 fully saturated rings. The van der Waals surface area contributed by atoms with Gasteiger partial charge in [0.25, 0.3) is 5.91 Å². The molecule has 1 N–H and O–H groups in total. The summed E-state index contributed by atoms with van der Waals surface area (Å²) in [5, 5.41) is 14.1. The first kappa shape index (κ1) is 24.7. The van der Waals surface area contributed by atoms with Crippen molar-refractivity contribution in [2.75, 3.05) is 25.6 Å². The molecule has 4 aromatic rings. The van der Waals surface area contributed by atoms with Crippen LogP contribution in [0.25, 0.3) is 23.2 Å². The molecule has 2 heterocycles. The van der Waals surface area contributed by atoms with E-state index in [0.717, 1.165) is 18.2 Å². The average Bonchev–Trinajstić information content (AvgIpc) is 3.55. The summed E-state index contributed by atoms with van der Waals surface area (Å²) in [6, 6.07) is 14.9. The lowest BCUT2D eigenvalue weighted by Crippen LogP contribution is -2.20. The van der Waals surface area contributed by atoms with Crippen molar-refractivity contribution in [2.24, 2.45) is 0 Å². The van der Waals surface area contributed by atoms with Crippen LogP contribution in [0.4, 0.5) is 18.9 Å². The van der Waals surface area contributed by atoms with Crippen molar-refractivity contribution >= 4 is 23.4 Å². The second kappa shape index (κ2) is 10.9. The van der Waals surface area contributed by atoms with Crippen LogP contribution in [0.1, 0.15) is 11.3 Å². The van der Waals surface area contributed by atoms with Crippen molar-refractivity contribution in [1.29, 1.82) is 0 Å². The average molecular weight is 499 g/mol. The smallest absolute Gasteiger partial charge is 0.416 e. The molecule has 0 bridgehead atoms. The van der Waals surface area contributed by atoms with Crippen LogP contribution in [-0.4, -0.2) is 46.4 Å². The molecule has 36 heavy (non-hydrogen) atoms. The summed E-state index contributed by atoms with van der Waals surface area (Å²) in [5.41, 5.74) is -0.635. The Kier molecular flexibility index (Phi) is 7.44. The molecule has 12 heteroatoms. The first-order chi connectivity index (χ1) is 17.4. The van der Waals surface area contributed by atoms with Gasteiger partial charge in [-0.1, -0.05) is 30.3 Å². The highest BCUT2D eigenvalue weighted by Gasteiger charge is 2.32. The van der Waals surface area contributed by atoms with Crippen molar-refractivity contribution in [3.05, 3.63) is 78.3 Å². The lowest BCUT2D eigenvalue weighted by molar-refractivity contribution is -0.137. The number of nitrogens with zero attached hydrogens (tertiary/aromatic N) is 4. The van der Waals surface area contributed by atoms with E-state index in [4.69, 9.17) is 13.9 Å². The van der Waals surface area contributed by atoms with Crippen molar-refractivity contribution in [3.63, 3.8) is 0 Å². The maximum atomic E-state index is 13.5. The number of carbonyl (C=O) groups excluding carboxylic acids is 1. The van der Waals surface area contributed by atoms with Gasteiger partial charge in [0.2, 0.25) is 0 Å². The van der Waals surface area contributed by atoms with E-state index in [1.54, 1.807) is 36.4 Å². The molecule has 4 rings (SSSR count). The molecule has 0 spiro atoms. The van der Waals surface area contributed by atoms with E-state index in [2.05, 4.69) is 20.8 Å². The number of anilines is 1. The third kappa shape index (κ3) is 5.78. The van der Waals surface area contributed by atoms with Gasteiger partial charge in [0.1, 0.15) is 23.8 Å². The van der Waals surface area contributed by atoms with E-state index >= 15 is 0 Å². The molecule has 0 radical (unpaired) electrons. The Morgan fingerprint density at radius 3 is 2.61 bits per heavy atom. The number of amides is 1. The van der Waals surface area contributed by atoms with E-state index in [1.165, 1.54) is 24.1 Å². The van der Waals surface area contributed by atoms with Gasteiger partial charge in [-0.05, 0) is 40.8 Å². The number of benzene rings is 2. The van der Waals surface area contributed by atoms with E-state index in [-0.39, 0.29) is 36.2 Å². The fraction of sp³-hybridized carbons (Fsp3) is 0.167. The fourth-order valence-corrected chi connectivity index (χ4v) is 3.20. The number of ether oxygens (including phenoxy) is 2. The Balaban J connectivity index is 1.74. The van der Waals surface area contributed by atoms with Crippen LogP contribution in [0.15, 0.2) is 71.3 Å². The molecule has 9 nitrogen and oxygen atoms in total. The fourth-order valence-electron chi connectivity index (χ4n) is 3.20. The third-order valence-corrected chi connectivity index (χ3v) is 4.88. The van der Waals surface area contributed by atoms with Gasteiger partial charge < -0.3 is 19.2 Å². The monoisotopic (exact) mass is 499 g/mol. The number of nitrogens with one attached hydrogen (secondary N) is 1. The second-order valence-corrected chi connectivity index (χ2v) is 7.33. The van der Waals surface area contributed by atoms with Gasteiger partial charge in [-0.3, -0.25) is 4.79 Å². The molecule has 0 atom stereocenters. The SMILES string of the molecule is COCCOc1ccc(C(F)(F)F)cc1NC(=O)C(=Cc1ccco1)n1nnnc1-c1ccccc1. The van der Waals surface area contributed by atoms with Gasteiger partial charge >= 0.3 is 6.18 Å². The molecular formula is C24H20F3N5O4. The maximum absolute atomic E-state index is 13.5. The minimum absolute atomic E-state index is 0.0331. The van der Waals surface area contributed by atoms with Gasteiger partial charge in [0, 0.05) is 18.7 Å². The normalized spacial score (nSPS) is 11.9. The highest BCUT2D eigenvalue weighted by Crippen LogP contribution is 2.35. The van der Waals surface area contributed by atoms with Crippen LogP contribution < -0.4 is 10.1 Å². The minimum atomic E-state index is -4.63. The van der Waals surface area contributed by atoms with Gasteiger partial charge in [-0.25, -0.2) is 0 Å². The number of rotatable bonds is 9. The van der Waals surface area contributed by atoms with E-state index in [0.29, 0.717) is 11.3 Å². The van der Waals surface area contributed by atoms with Gasteiger partial charge in [-0.15, -0.1) is 5.10 Å². The molecule has 1 amide bonds. The number of carbonyl (C=O) groups is 1. The molecule has 0 saturated carbocycles. The van der Waals surface area contributed by atoms with E-state index < -0.39 is 17.6 Å². The topological polar surface area (TPSA) is 104 Å². The lowest BCUT2D eigenvalue weighted by atomic mass is 10.1. The zero-order valence-corrected chi connectivity index (χ0v) is 18.9. The predicted molar refractivity (Wildman–Crippen MR) is 124 cm³/mol. The van der Waals surface area contributed by atoms with Gasteiger partial charge in [0.05, 0.1) is 24.1 Å². The molecule has 0 saturated heterocycles. The first-order valence-electron chi connectivity index (χ1n) is 10.6. The van der Waals surface area contributed by atoms with Crippen LogP contribution in [0.5, 0.6) is 5.75 Å². The number of tetrazole rings is 1.